The zero-order valence-electron chi connectivity index (χ0n) is 16.0. The molecule has 132 valence electrons. The molecule has 1 rings (SSSR count). The summed E-state index contributed by atoms with van der Waals surface area (Å²) in [7, 11) is 0. The summed E-state index contributed by atoms with van der Waals surface area (Å²) in [6.45, 7) is 9.93. The van der Waals surface area contributed by atoms with E-state index in [1.807, 2.05) is 0 Å². The van der Waals surface area contributed by atoms with E-state index in [-0.39, 0.29) is 0 Å². The van der Waals surface area contributed by atoms with Gasteiger partial charge in [-0.2, -0.15) is 0 Å². The normalized spacial score (nSPS) is 11.0. The standard InChI is InChI=1S/C22H38O/c1-5-9-13-19-16-17-20(14-10-6-2)22(23-18-12-8-4)21(19)15-11-7-3/h16-17H,5-15,18H2,1-4H3. The van der Waals surface area contributed by atoms with Crippen molar-refractivity contribution in [3.63, 3.8) is 0 Å². The largest absolute Gasteiger partial charge is 0.493 e. The molecule has 0 fully saturated rings. The van der Waals surface area contributed by atoms with Crippen LogP contribution < -0.4 is 4.74 Å². The van der Waals surface area contributed by atoms with Crippen LogP contribution in [-0.4, -0.2) is 6.61 Å². The smallest absolute Gasteiger partial charge is 0.125 e. The highest BCUT2D eigenvalue weighted by atomic mass is 16.5. The zero-order chi connectivity index (χ0) is 16.9. The zero-order valence-corrected chi connectivity index (χ0v) is 16.0. The molecule has 0 heterocycles. The van der Waals surface area contributed by atoms with Crippen LogP contribution >= 0.6 is 0 Å². The van der Waals surface area contributed by atoms with Gasteiger partial charge in [0.15, 0.2) is 0 Å². The minimum Gasteiger partial charge on any atom is -0.493 e. The van der Waals surface area contributed by atoms with Crippen LogP contribution in [0.25, 0.3) is 0 Å². The third-order valence-electron chi connectivity index (χ3n) is 4.56. The SMILES string of the molecule is CCCCOc1c(CCCC)ccc(CCCC)c1CCCC. The minimum absolute atomic E-state index is 0.867. The second kappa shape index (κ2) is 12.4. The maximum absolute atomic E-state index is 6.32. The van der Waals surface area contributed by atoms with Gasteiger partial charge in [-0.15, -0.1) is 0 Å². The lowest BCUT2D eigenvalue weighted by Gasteiger charge is -2.20. The molecule has 0 unspecified atom stereocenters. The topological polar surface area (TPSA) is 9.23 Å². The molecule has 0 saturated carbocycles. The molecule has 1 aromatic rings. The van der Waals surface area contributed by atoms with Gasteiger partial charge in [0.2, 0.25) is 0 Å². The highest BCUT2D eigenvalue weighted by Crippen LogP contribution is 2.31. The fraction of sp³-hybridized carbons (Fsp3) is 0.727. The Morgan fingerprint density at radius 3 is 1.78 bits per heavy atom. The van der Waals surface area contributed by atoms with E-state index in [2.05, 4.69) is 39.8 Å². The molecule has 1 aromatic carbocycles. The maximum Gasteiger partial charge on any atom is 0.125 e. The summed E-state index contributed by atoms with van der Waals surface area (Å²) in [5, 5.41) is 0. The molecule has 23 heavy (non-hydrogen) atoms. The van der Waals surface area contributed by atoms with Crippen molar-refractivity contribution >= 4 is 0 Å². The van der Waals surface area contributed by atoms with Crippen LogP contribution in [0.3, 0.4) is 0 Å². The van der Waals surface area contributed by atoms with Gasteiger partial charge in [0.05, 0.1) is 6.61 Å². The summed E-state index contributed by atoms with van der Waals surface area (Å²) < 4.78 is 6.32. The number of unbranched alkanes of at least 4 members (excludes halogenated alkanes) is 4. The van der Waals surface area contributed by atoms with Gasteiger partial charge in [0, 0.05) is 0 Å². The molecule has 1 nitrogen and oxygen atoms in total. The Morgan fingerprint density at radius 2 is 1.17 bits per heavy atom. The summed E-state index contributed by atoms with van der Waals surface area (Å²) in [5.41, 5.74) is 4.49. The Balaban J connectivity index is 3.08. The molecule has 0 radical (unpaired) electrons. The van der Waals surface area contributed by atoms with Crippen LogP contribution in [0.5, 0.6) is 5.75 Å². The molecule has 0 aromatic heterocycles. The second-order valence-electron chi connectivity index (χ2n) is 6.70. The molecule has 0 amide bonds. The van der Waals surface area contributed by atoms with Crippen LogP contribution in [0.2, 0.25) is 0 Å². The summed E-state index contributed by atoms with van der Waals surface area (Å²) >= 11 is 0. The first kappa shape index (κ1) is 20.1. The third-order valence-corrected chi connectivity index (χ3v) is 4.56. The highest BCUT2D eigenvalue weighted by molar-refractivity contribution is 5.47. The van der Waals surface area contributed by atoms with Gasteiger partial charge in [0.1, 0.15) is 5.75 Å². The van der Waals surface area contributed by atoms with E-state index in [9.17, 15) is 0 Å². The number of aryl methyl sites for hydroxylation is 2. The van der Waals surface area contributed by atoms with Crippen molar-refractivity contribution in [3.8, 4) is 5.75 Å². The fourth-order valence-corrected chi connectivity index (χ4v) is 3.01. The van der Waals surface area contributed by atoms with Gasteiger partial charge in [-0.3, -0.25) is 0 Å². The second-order valence-corrected chi connectivity index (χ2v) is 6.70. The van der Waals surface area contributed by atoms with E-state index in [1.54, 1.807) is 0 Å². The lowest BCUT2D eigenvalue weighted by molar-refractivity contribution is 0.302. The van der Waals surface area contributed by atoms with Crippen LogP contribution in [0.4, 0.5) is 0 Å². The van der Waals surface area contributed by atoms with Gasteiger partial charge in [0.25, 0.3) is 0 Å². The lowest BCUT2D eigenvalue weighted by atomic mass is 9.93. The number of hydrogen-bond acceptors (Lipinski definition) is 1. The minimum atomic E-state index is 0.867. The third kappa shape index (κ3) is 6.97. The average molecular weight is 319 g/mol. The van der Waals surface area contributed by atoms with E-state index >= 15 is 0 Å². The molecule has 0 saturated heterocycles. The molecule has 0 spiro atoms. The van der Waals surface area contributed by atoms with Crippen molar-refractivity contribution in [3.05, 3.63) is 28.8 Å². The highest BCUT2D eigenvalue weighted by Gasteiger charge is 2.14. The Bertz CT molecular complexity index is 422. The van der Waals surface area contributed by atoms with Gasteiger partial charge < -0.3 is 4.74 Å². The van der Waals surface area contributed by atoms with Crippen molar-refractivity contribution in [2.24, 2.45) is 0 Å². The van der Waals surface area contributed by atoms with Gasteiger partial charge in [-0.05, 0) is 61.6 Å². The fourth-order valence-electron chi connectivity index (χ4n) is 3.01. The average Bonchev–Trinajstić information content (AvgIpc) is 2.57. The van der Waals surface area contributed by atoms with Gasteiger partial charge in [-0.1, -0.05) is 65.5 Å². The van der Waals surface area contributed by atoms with Crippen molar-refractivity contribution < 1.29 is 4.74 Å². The van der Waals surface area contributed by atoms with E-state index in [0.717, 1.165) is 19.4 Å². The number of ether oxygens (including phenoxy) is 1. The Morgan fingerprint density at radius 1 is 0.652 bits per heavy atom. The summed E-state index contributed by atoms with van der Waals surface area (Å²) in [6, 6.07) is 4.73. The monoisotopic (exact) mass is 318 g/mol. The number of benzene rings is 1. The molecule has 0 aliphatic rings. The van der Waals surface area contributed by atoms with Crippen molar-refractivity contribution in [2.45, 2.75) is 98.3 Å². The van der Waals surface area contributed by atoms with Crippen LogP contribution in [0.1, 0.15) is 95.8 Å². The predicted molar refractivity (Wildman–Crippen MR) is 103 cm³/mol. The van der Waals surface area contributed by atoms with Crippen molar-refractivity contribution in [1.82, 2.24) is 0 Å². The predicted octanol–water partition coefficient (Wildman–Crippen LogP) is 6.89. The summed E-state index contributed by atoms with van der Waals surface area (Å²) in [4.78, 5) is 0. The number of rotatable bonds is 13. The first-order valence-electron chi connectivity index (χ1n) is 10.0. The Kier molecular flexibility index (Phi) is 10.9. The first-order chi connectivity index (χ1) is 11.3. The molecule has 0 bridgehead atoms. The molecular weight excluding hydrogens is 280 g/mol. The van der Waals surface area contributed by atoms with Crippen molar-refractivity contribution in [1.29, 1.82) is 0 Å². The molecule has 1 heteroatoms. The molecule has 0 aliphatic heterocycles. The Hall–Kier alpha value is -0.980. The summed E-state index contributed by atoms with van der Waals surface area (Å²) in [6.07, 6.45) is 13.4. The molecule has 0 aliphatic carbocycles. The van der Waals surface area contributed by atoms with Crippen molar-refractivity contribution in [2.75, 3.05) is 6.61 Å². The van der Waals surface area contributed by atoms with E-state index in [1.165, 1.54) is 80.2 Å². The quantitative estimate of drug-likeness (QED) is 0.360. The molecule has 0 atom stereocenters. The lowest BCUT2D eigenvalue weighted by Crippen LogP contribution is -2.07. The van der Waals surface area contributed by atoms with Crippen LogP contribution in [0.15, 0.2) is 12.1 Å². The molecule has 0 N–H and O–H groups in total. The van der Waals surface area contributed by atoms with E-state index in [0.29, 0.717) is 0 Å². The summed E-state index contributed by atoms with van der Waals surface area (Å²) in [5.74, 6) is 1.24. The molecular formula is C22H38O. The maximum atomic E-state index is 6.32. The van der Waals surface area contributed by atoms with Crippen LogP contribution in [-0.2, 0) is 19.3 Å². The van der Waals surface area contributed by atoms with Gasteiger partial charge >= 0.3 is 0 Å². The van der Waals surface area contributed by atoms with E-state index in [4.69, 9.17) is 4.74 Å². The van der Waals surface area contributed by atoms with E-state index < -0.39 is 0 Å². The Labute approximate surface area is 144 Å². The van der Waals surface area contributed by atoms with Gasteiger partial charge in [-0.25, -0.2) is 0 Å². The number of hydrogen-bond donors (Lipinski definition) is 0. The van der Waals surface area contributed by atoms with Crippen LogP contribution in [0, 0.1) is 0 Å². The first-order valence-corrected chi connectivity index (χ1v) is 10.0.